The molecule has 2 atom stereocenters. The molecule has 0 aliphatic heterocycles. The summed E-state index contributed by atoms with van der Waals surface area (Å²) in [6.07, 6.45) is 6.20. The summed E-state index contributed by atoms with van der Waals surface area (Å²) in [4.78, 5) is 16.3. The van der Waals surface area contributed by atoms with E-state index in [0.29, 0.717) is 17.0 Å². The Balaban J connectivity index is 1.27. The van der Waals surface area contributed by atoms with Crippen LogP contribution in [0.4, 0.5) is 10.3 Å². The van der Waals surface area contributed by atoms with Gasteiger partial charge in [-0.25, -0.2) is 0 Å². The van der Waals surface area contributed by atoms with Crippen LogP contribution in [0.15, 0.2) is 24.4 Å². The summed E-state index contributed by atoms with van der Waals surface area (Å²) in [6.45, 7) is 2.92. The Morgan fingerprint density at radius 3 is 2.86 bits per heavy atom. The van der Waals surface area contributed by atoms with Gasteiger partial charge in [0.2, 0.25) is 16.2 Å². The Hall–Kier alpha value is -2.46. The van der Waals surface area contributed by atoms with E-state index in [-0.39, 0.29) is 12.3 Å². The lowest BCUT2D eigenvalue weighted by atomic mass is 10.0. The van der Waals surface area contributed by atoms with Crippen molar-refractivity contribution in [3.05, 3.63) is 40.1 Å². The number of hydrogen-bond acceptors (Lipinski definition) is 9. The predicted octanol–water partition coefficient (Wildman–Crippen LogP) is 3.52. The molecule has 0 aromatic carbocycles. The third kappa shape index (κ3) is 5.33. The lowest BCUT2D eigenvalue weighted by molar-refractivity contribution is -0.115. The molecule has 2 N–H and O–H groups in total. The highest BCUT2D eigenvalue weighted by molar-refractivity contribution is 7.15. The fourth-order valence-electron chi connectivity index (χ4n) is 3.57. The highest BCUT2D eigenvalue weighted by Crippen LogP contribution is 2.41. The van der Waals surface area contributed by atoms with Gasteiger partial charge in [-0.1, -0.05) is 28.7 Å². The largest absolute Gasteiger partial charge is 0.360 e. The van der Waals surface area contributed by atoms with E-state index in [0.717, 1.165) is 53.1 Å². The van der Waals surface area contributed by atoms with Crippen molar-refractivity contribution in [1.82, 2.24) is 25.4 Å². The third-order valence-electron chi connectivity index (χ3n) is 4.90. The van der Waals surface area contributed by atoms with Gasteiger partial charge in [-0.15, -0.1) is 20.4 Å². The van der Waals surface area contributed by atoms with Gasteiger partial charge in [0.25, 0.3) is 0 Å². The van der Waals surface area contributed by atoms with Crippen molar-refractivity contribution in [2.75, 3.05) is 17.2 Å². The van der Waals surface area contributed by atoms with E-state index in [1.54, 1.807) is 17.5 Å². The van der Waals surface area contributed by atoms with Gasteiger partial charge in [-0.2, -0.15) is 0 Å². The summed E-state index contributed by atoms with van der Waals surface area (Å²) in [5.41, 5.74) is 0.737. The van der Waals surface area contributed by atoms with Crippen LogP contribution >= 0.6 is 22.7 Å². The van der Waals surface area contributed by atoms with Gasteiger partial charge < -0.3 is 10.6 Å². The molecule has 0 spiro atoms. The van der Waals surface area contributed by atoms with Crippen molar-refractivity contribution in [2.24, 2.45) is 5.92 Å². The number of carbonyl (C=O) groups excluding carboxylic acids is 1. The number of aromatic nitrogens is 5. The molecule has 1 aliphatic carbocycles. The van der Waals surface area contributed by atoms with Crippen LogP contribution in [0.3, 0.4) is 0 Å². The highest BCUT2D eigenvalue weighted by Gasteiger charge is 2.29. The molecule has 152 valence electrons. The first-order chi connectivity index (χ1) is 14.2. The lowest BCUT2D eigenvalue weighted by Crippen LogP contribution is -2.14. The molecule has 1 aliphatic rings. The SMILES string of the molecule is CCNc1nnc([C@H]2CC[C@@H](Cc3nnc(NC(=O)Cc4ccccn4)s3)C2)s1. The minimum Gasteiger partial charge on any atom is -0.360 e. The standard InChI is InChI=1S/C19H23N7OS2/c1-2-20-18-25-24-17(29-18)13-7-6-12(9-13)10-16-23-26-19(28-16)22-15(27)11-14-5-3-4-8-21-14/h3-5,8,12-13H,2,6-7,9-11H2,1H3,(H,20,25)(H,22,26,27)/t12-,13+/m1/s1. The zero-order valence-electron chi connectivity index (χ0n) is 16.2. The van der Waals surface area contributed by atoms with Crippen LogP contribution in [0.25, 0.3) is 0 Å². The van der Waals surface area contributed by atoms with E-state index in [4.69, 9.17) is 0 Å². The molecule has 3 aromatic heterocycles. The summed E-state index contributed by atoms with van der Waals surface area (Å²) >= 11 is 3.12. The number of anilines is 2. The second kappa shape index (κ2) is 9.36. The average molecular weight is 430 g/mol. The number of nitrogens with one attached hydrogen (secondary N) is 2. The molecule has 3 aromatic rings. The van der Waals surface area contributed by atoms with E-state index in [9.17, 15) is 4.79 Å². The first-order valence-electron chi connectivity index (χ1n) is 9.79. The monoisotopic (exact) mass is 429 g/mol. The molecule has 0 unspecified atom stereocenters. The van der Waals surface area contributed by atoms with Gasteiger partial charge in [0.15, 0.2) is 0 Å². The number of rotatable bonds is 8. The van der Waals surface area contributed by atoms with E-state index in [1.807, 2.05) is 18.2 Å². The summed E-state index contributed by atoms with van der Waals surface area (Å²) in [7, 11) is 0. The van der Waals surface area contributed by atoms with Crippen LogP contribution in [-0.4, -0.2) is 37.8 Å². The van der Waals surface area contributed by atoms with Crippen LogP contribution in [0.5, 0.6) is 0 Å². The summed E-state index contributed by atoms with van der Waals surface area (Å²) in [5.74, 6) is 0.923. The van der Waals surface area contributed by atoms with Crippen molar-refractivity contribution in [3.63, 3.8) is 0 Å². The van der Waals surface area contributed by atoms with Crippen molar-refractivity contribution < 1.29 is 4.79 Å². The van der Waals surface area contributed by atoms with E-state index in [1.165, 1.54) is 11.3 Å². The normalized spacial score (nSPS) is 18.7. The average Bonchev–Trinajstić information content (AvgIpc) is 3.45. The van der Waals surface area contributed by atoms with Crippen molar-refractivity contribution in [1.29, 1.82) is 0 Å². The van der Waals surface area contributed by atoms with Crippen LogP contribution in [-0.2, 0) is 17.6 Å². The molecule has 0 bridgehead atoms. The van der Waals surface area contributed by atoms with Crippen molar-refractivity contribution >= 4 is 38.8 Å². The third-order valence-corrected chi connectivity index (χ3v) is 6.81. The summed E-state index contributed by atoms with van der Waals surface area (Å²) in [6, 6.07) is 5.54. The quantitative estimate of drug-likeness (QED) is 0.564. The van der Waals surface area contributed by atoms with E-state index < -0.39 is 0 Å². The first kappa shape index (κ1) is 19.8. The topological polar surface area (TPSA) is 106 Å². The molecule has 1 saturated carbocycles. The maximum atomic E-state index is 12.2. The molecule has 4 rings (SSSR count). The van der Waals surface area contributed by atoms with Gasteiger partial charge in [-0.05, 0) is 44.2 Å². The predicted molar refractivity (Wildman–Crippen MR) is 114 cm³/mol. The number of amides is 1. The maximum Gasteiger partial charge on any atom is 0.232 e. The van der Waals surface area contributed by atoms with E-state index in [2.05, 4.69) is 42.9 Å². The number of hydrogen-bond donors (Lipinski definition) is 2. The van der Waals surface area contributed by atoms with Crippen LogP contribution in [0, 0.1) is 5.92 Å². The molecular weight excluding hydrogens is 406 g/mol. The molecule has 3 heterocycles. The molecule has 1 fully saturated rings. The Kier molecular flexibility index (Phi) is 6.40. The van der Waals surface area contributed by atoms with E-state index >= 15 is 0 Å². The fourth-order valence-corrected chi connectivity index (χ4v) is 5.40. The summed E-state index contributed by atoms with van der Waals surface area (Å²) in [5, 5.41) is 26.6. The van der Waals surface area contributed by atoms with Gasteiger partial charge >= 0.3 is 0 Å². The number of pyridine rings is 1. The second-order valence-electron chi connectivity index (χ2n) is 7.10. The smallest absolute Gasteiger partial charge is 0.232 e. The first-order valence-corrected chi connectivity index (χ1v) is 11.4. The Labute approximate surface area is 177 Å². The number of nitrogens with zero attached hydrogens (tertiary/aromatic N) is 5. The second-order valence-corrected chi connectivity index (χ2v) is 9.17. The highest BCUT2D eigenvalue weighted by atomic mass is 32.1. The Morgan fingerprint density at radius 1 is 1.14 bits per heavy atom. The zero-order chi connectivity index (χ0) is 20.1. The minimum atomic E-state index is -0.125. The van der Waals surface area contributed by atoms with Crippen LogP contribution in [0.1, 0.15) is 47.8 Å². The lowest BCUT2D eigenvalue weighted by Gasteiger charge is -2.06. The Bertz CT molecular complexity index is 943. The maximum absolute atomic E-state index is 12.2. The number of carbonyl (C=O) groups is 1. The zero-order valence-corrected chi connectivity index (χ0v) is 17.8. The molecular formula is C19H23N7OS2. The summed E-state index contributed by atoms with van der Waals surface area (Å²) < 4.78 is 0. The molecule has 10 heteroatoms. The fraction of sp³-hybridized carbons (Fsp3) is 0.474. The van der Waals surface area contributed by atoms with Crippen molar-refractivity contribution in [3.8, 4) is 0 Å². The molecule has 0 saturated heterocycles. The minimum absolute atomic E-state index is 0.125. The van der Waals surface area contributed by atoms with Gasteiger partial charge in [-0.3, -0.25) is 9.78 Å². The van der Waals surface area contributed by atoms with Gasteiger partial charge in [0.1, 0.15) is 10.0 Å². The molecule has 8 nitrogen and oxygen atoms in total. The van der Waals surface area contributed by atoms with Crippen molar-refractivity contribution in [2.45, 2.75) is 44.9 Å². The van der Waals surface area contributed by atoms with Gasteiger partial charge in [0, 0.05) is 30.8 Å². The van der Waals surface area contributed by atoms with Crippen LogP contribution in [0.2, 0.25) is 0 Å². The molecule has 1 amide bonds. The molecule has 29 heavy (non-hydrogen) atoms. The van der Waals surface area contributed by atoms with Crippen LogP contribution < -0.4 is 10.6 Å². The molecule has 0 radical (unpaired) electrons. The van der Waals surface area contributed by atoms with Gasteiger partial charge in [0.05, 0.1) is 6.42 Å². The Morgan fingerprint density at radius 2 is 2.03 bits per heavy atom.